The fourth-order valence-electron chi connectivity index (χ4n) is 1.53. The molecule has 2 rings (SSSR count). The third-order valence-corrected chi connectivity index (χ3v) is 2.56. The molecule has 20 heavy (non-hydrogen) atoms. The van der Waals surface area contributed by atoms with Crippen LogP contribution in [0.3, 0.4) is 0 Å². The number of nitro groups is 1. The van der Waals surface area contributed by atoms with Crippen molar-refractivity contribution in [3.63, 3.8) is 0 Å². The number of aromatic nitrogens is 1. The van der Waals surface area contributed by atoms with Crippen LogP contribution in [0.15, 0.2) is 36.5 Å². The van der Waals surface area contributed by atoms with Gasteiger partial charge in [0.05, 0.1) is 11.0 Å². The van der Waals surface area contributed by atoms with Gasteiger partial charge in [-0.15, -0.1) is 0 Å². The molecule has 1 aromatic carbocycles. The Balaban J connectivity index is 2.34. The molecule has 7 nitrogen and oxygen atoms in total. The number of rotatable bonds is 4. The monoisotopic (exact) mass is 274 g/mol. The molecule has 0 bridgehead atoms. The summed E-state index contributed by atoms with van der Waals surface area (Å²) in [5.74, 6) is -0.631. The zero-order valence-electron chi connectivity index (χ0n) is 10.4. The normalized spacial score (nSPS) is 10.1. The first kappa shape index (κ1) is 13.5. The average molecular weight is 274 g/mol. The number of hydrogen-bond donors (Lipinski definition) is 1. The second-order valence-corrected chi connectivity index (χ2v) is 3.99. The van der Waals surface area contributed by atoms with Gasteiger partial charge in [0.2, 0.25) is 0 Å². The van der Waals surface area contributed by atoms with Gasteiger partial charge >= 0.3 is 5.97 Å². The van der Waals surface area contributed by atoms with Crippen molar-refractivity contribution in [1.82, 2.24) is 4.98 Å². The third kappa shape index (κ3) is 2.89. The van der Waals surface area contributed by atoms with E-state index in [1.165, 1.54) is 30.5 Å². The van der Waals surface area contributed by atoms with Crippen molar-refractivity contribution in [3.8, 4) is 11.5 Å². The number of aromatic carboxylic acids is 1. The van der Waals surface area contributed by atoms with Crippen molar-refractivity contribution in [3.05, 3.63) is 57.9 Å². The number of carboxylic acid groups (broad SMARTS) is 1. The summed E-state index contributed by atoms with van der Waals surface area (Å²) in [5.41, 5.74) is 0.438. The number of hydrogen-bond acceptors (Lipinski definition) is 5. The topological polar surface area (TPSA) is 103 Å². The van der Waals surface area contributed by atoms with E-state index in [1.54, 1.807) is 13.0 Å². The number of non-ortho nitro benzene ring substituents is 1. The van der Waals surface area contributed by atoms with E-state index in [-0.39, 0.29) is 17.1 Å². The molecule has 1 heterocycles. The lowest BCUT2D eigenvalue weighted by atomic mass is 10.2. The lowest BCUT2D eigenvalue weighted by Crippen LogP contribution is -2.00. The number of aryl methyl sites for hydroxylation is 1. The van der Waals surface area contributed by atoms with Gasteiger partial charge in [-0.05, 0) is 24.6 Å². The molecule has 0 saturated carbocycles. The minimum Gasteiger partial charge on any atom is -0.477 e. The van der Waals surface area contributed by atoms with Crippen LogP contribution < -0.4 is 4.74 Å². The standard InChI is InChI=1S/C13H10N2O5/c1-8-2-3-9(15(18)19)6-12(8)20-10-4-5-14-11(7-10)13(16)17/h2-7H,1H3,(H,16,17). The molecule has 7 heteroatoms. The van der Waals surface area contributed by atoms with Crippen LogP contribution in [-0.4, -0.2) is 21.0 Å². The molecule has 0 saturated heterocycles. The number of ether oxygens (including phenoxy) is 1. The minimum atomic E-state index is -1.17. The number of nitrogens with zero attached hydrogens (tertiary/aromatic N) is 2. The highest BCUT2D eigenvalue weighted by Gasteiger charge is 2.11. The number of carbonyl (C=O) groups is 1. The Hall–Kier alpha value is -2.96. The number of pyridine rings is 1. The van der Waals surface area contributed by atoms with Gasteiger partial charge in [0, 0.05) is 18.3 Å². The summed E-state index contributed by atoms with van der Waals surface area (Å²) in [6.07, 6.45) is 1.30. The van der Waals surface area contributed by atoms with E-state index >= 15 is 0 Å². The summed E-state index contributed by atoms with van der Waals surface area (Å²) in [7, 11) is 0. The molecule has 2 aromatic rings. The van der Waals surface area contributed by atoms with Gasteiger partial charge in [-0.3, -0.25) is 10.1 Å². The first-order chi connectivity index (χ1) is 9.47. The molecule has 0 radical (unpaired) electrons. The van der Waals surface area contributed by atoms with Crippen LogP contribution in [0.5, 0.6) is 11.5 Å². The fourth-order valence-corrected chi connectivity index (χ4v) is 1.53. The molecule has 0 aliphatic carbocycles. The third-order valence-electron chi connectivity index (χ3n) is 2.56. The Bertz CT molecular complexity index is 684. The number of nitro benzene ring substituents is 1. The maximum absolute atomic E-state index is 10.8. The quantitative estimate of drug-likeness (QED) is 0.679. The predicted molar refractivity (Wildman–Crippen MR) is 69.1 cm³/mol. The Morgan fingerprint density at radius 2 is 2.10 bits per heavy atom. The van der Waals surface area contributed by atoms with Crippen molar-refractivity contribution >= 4 is 11.7 Å². The smallest absolute Gasteiger partial charge is 0.354 e. The molecule has 0 unspecified atom stereocenters. The number of carboxylic acids is 1. The number of benzene rings is 1. The van der Waals surface area contributed by atoms with Crippen LogP contribution in [0, 0.1) is 17.0 Å². The molecule has 102 valence electrons. The molecular formula is C13H10N2O5. The second kappa shape index (κ2) is 5.35. The summed E-state index contributed by atoms with van der Waals surface area (Å²) in [6, 6.07) is 6.95. The Kier molecular flexibility index (Phi) is 3.60. The van der Waals surface area contributed by atoms with Gasteiger partial charge < -0.3 is 9.84 Å². The molecule has 1 aromatic heterocycles. The molecule has 0 fully saturated rings. The van der Waals surface area contributed by atoms with E-state index in [0.29, 0.717) is 11.3 Å². The van der Waals surface area contributed by atoms with Crippen LogP contribution >= 0.6 is 0 Å². The highest BCUT2D eigenvalue weighted by Crippen LogP contribution is 2.28. The molecule has 0 spiro atoms. The van der Waals surface area contributed by atoms with E-state index in [2.05, 4.69) is 4.98 Å². The molecule has 1 N–H and O–H groups in total. The summed E-state index contributed by atoms with van der Waals surface area (Å²) in [4.78, 5) is 24.7. The lowest BCUT2D eigenvalue weighted by molar-refractivity contribution is -0.384. The average Bonchev–Trinajstić information content (AvgIpc) is 2.41. The largest absolute Gasteiger partial charge is 0.477 e. The second-order valence-electron chi connectivity index (χ2n) is 3.99. The Morgan fingerprint density at radius 1 is 1.35 bits per heavy atom. The van der Waals surface area contributed by atoms with Crippen LogP contribution in [0.25, 0.3) is 0 Å². The SMILES string of the molecule is Cc1ccc([N+](=O)[O-])cc1Oc1ccnc(C(=O)O)c1. The van der Waals surface area contributed by atoms with Gasteiger partial charge in [-0.25, -0.2) is 9.78 Å². The Labute approximate surface area is 113 Å². The van der Waals surface area contributed by atoms with E-state index in [1.807, 2.05) is 0 Å². The van der Waals surface area contributed by atoms with Crippen molar-refractivity contribution in [2.75, 3.05) is 0 Å². The predicted octanol–water partition coefficient (Wildman–Crippen LogP) is 2.79. The highest BCUT2D eigenvalue weighted by atomic mass is 16.6. The maximum Gasteiger partial charge on any atom is 0.354 e. The molecule has 0 amide bonds. The Morgan fingerprint density at radius 3 is 2.75 bits per heavy atom. The lowest BCUT2D eigenvalue weighted by Gasteiger charge is -2.08. The van der Waals surface area contributed by atoms with Crippen molar-refractivity contribution < 1.29 is 19.6 Å². The van der Waals surface area contributed by atoms with E-state index in [4.69, 9.17) is 9.84 Å². The van der Waals surface area contributed by atoms with Gasteiger partial charge in [0.1, 0.15) is 11.5 Å². The summed E-state index contributed by atoms with van der Waals surface area (Å²) in [5, 5.41) is 19.6. The van der Waals surface area contributed by atoms with Gasteiger partial charge in [0.15, 0.2) is 5.69 Å². The van der Waals surface area contributed by atoms with Gasteiger partial charge in [-0.2, -0.15) is 0 Å². The van der Waals surface area contributed by atoms with Crippen LogP contribution in [0.4, 0.5) is 5.69 Å². The van der Waals surface area contributed by atoms with Crippen molar-refractivity contribution in [2.45, 2.75) is 6.92 Å². The first-order valence-corrected chi connectivity index (χ1v) is 5.59. The summed E-state index contributed by atoms with van der Waals surface area (Å²) in [6.45, 7) is 1.73. The first-order valence-electron chi connectivity index (χ1n) is 5.59. The van der Waals surface area contributed by atoms with E-state index in [0.717, 1.165) is 0 Å². The van der Waals surface area contributed by atoms with Crippen molar-refractivity contribution in [2.24, 2.45) is 0 Å². The van der Waals surface area contributed by atoms with Crippen molar-refractivity contribution in [1.29, 1.82) is 0 Å². The summed E-state index contributed by atoms with van der Waals surface area (Å²) >= 11 is 0. The van der Waals surface area contributed by atoms with Gasteiger partial charge in [0.25, 0.3) is 5.69 Å². The molecule has 0 atom stereocenters. The molecular weight excluding hydrogens is 264 g/mol. The highest BCUT2D eigenvalue weighted by molar-refractivity contribution is 5.85. The molecule has 0 aliphatic heterocycles. The zero-order chi connectivity index (χ0) is 14.7. The summed E-state index contributed by atoms with van der Waals surface area (Å²) < 4.78 is 5.48. The maximum atomic E-state index is 10.8. The zero-order valence-corrected chi connectivity index (χ0v) is 10.4. The van der Waals surface area contributed by atoms with Crippen LogP contribution in [0.1, 0.15) is 16.1 Å². The van der Waals surface area contributed by atoms with Crippen LogP contribution in [0.2, 0.25) is 0 Å². The van der Waals surface area contributed by atoms with E-state index < -0.39 is 10.9 Å². The molecule has 0 aliphatic rings. The fraction of sp³-hybridized carbons (Fsp3) is 0.0769. The minimum absolute atomic E-state index is 0.0990. The van der Waals surface area contributed by atoms with Crippen LogP contribution in [-0.2, 0) is 0 Å². The van der Waals surface area contributed by atoms with E-state index in [9.17, 15) is 14.9 Å². The van der Waals surface area contributed by atoms with Gasteiger partial charge in [-0.1, -0.05) is 0 Å².